The summed E-state index contributed by atoms with van der Waals surface area (Å²) < 4.78 is 16.6. The first-order valence-corrected chi connectivity index (χ1v) is 11.9. The number of esters is 3. The maximum atomic E-state index is 13.6. The van der Waals surface area contributed by atoms with Crippen LogP contribution >= 0.6 is 0 Å². The highest BCUT2D eigenvalue weighted by atomic mass is 16.6. The zero-order valence-electron chi connectivity index (χ0n) is 22.5. The second-order valence-corrected chi connectivity index (χ2v) is 10.9. The molecule has 36 heavy (non-hydrogen) atoms. The summed E-state index contributed by atoms with van der Waals surface area (Å²) in [5, 5.41) is 3.17. The minimum absolute atomic E-state index is 0.284. The summed E-state index contributed by atoms with van der Waals surface area (Å²) in [7, 11) is 1.32. The number of carbonyl (C=O) groups excluding carboxylic acids is 3. The van der Waals surface area contributed by atoms with Crippen LogP contribution in [-0.4, -0.2) is 36.2 Å². The first-order valence-electron chi connectivity index (χ1n) is 11.9. The quantitative estimate of drug-likeness (QED) is 0.444. The third-order valence-corrected chi connectivity index (χ3v) is 5.65. The number of dihydropyridines is 1. The van der Waals surface area contributed by atoms with Gasteiger partial charge in [0.15, 0.2) is 0 Å². The molecule has 1 heterocycles. The van der Waals surface area contributed by atoms with Gasteiger partial charge in [0, 0.05) is 11.4 Å². The highest BCUT2D eigenvalue weighted by Gasteiger charge is 2.42. The average Bonchev–Trinajstić information content (AvgIpc) is 2.90. The molecule has 0 saturated carbocycles. The van der Waals surface area contributed by atoms with Crippen LogP contribution < -0.4 is 5.32 Å². The van der Waals surface area contributed by atoms with Crippen LogP contribution in [0.25, 0.3) is 11.1 Å². The number of hydrogen-bond acceptors (Lipinski definition) is 7. The number of ether oxygens (including phenoxy) is 3. The van der Waals surface area contributed by atoms with Crippen molar-refractivity contribution in [2.24, 2.45) is 0 Å². The Morgan fingerprint density at radius 1 is 0.750 bits per heavy atom. The van der Waals surface area contributed by atoms with Crippen LogP contribution in [0.3, 0.4) is 0 Å². The lowest BCUT2D eigenvalue weighted by molar-refractivity contribution is -0.150. The van der Waals surface area contributed by atoms with Crippen molar-refractivity contribution in [3.63, 3.8) is 0 Å². The topological polar surface area (TPSA) is 90.9 Å². The van der Waals surface area contributed by atoms with E-state index in [-0.39, 0.29) is 11.1 Å². The Morgan fingerprint density at radius 2 is 1.22 bits per heavy atom. The van der Waals surface area contributed by atoms with Gasteiger partial charge in [0.2, 0.25) is 0 Å². The Labute approximate surface area is 212 Å². The van der Waals surface area contributed by atoms with Crippen molar-refractivity contribution in [1.29, 1.82) is 0 Å². The van der Waals surface area contributed by atoms with Crippen molar-refractivity contribution in [2.75, 3.05) is 7.11 Å². The van der Waals surface area contributed by atoms with Gasteiger partial charge >= 0.3 is 17.9 Å². The lowest BCUT2D eigenvalue weighted by Gasteiger charge is -2.33. The molecule has 0 aromatic rings. The van der Waals surface area contributed by atoms with E-state index >= 15 is 0 Å². The minimum Gasteiger partial charge on any atom is -0.465 e. The second kappa shape index (κ2) is 9.80. The fourth-order valence-corrected chi connectivity index (χ4v) is 4.37. The first-order chi connectivity index (χ1) is 16.6. The van der Waals surface area contributed by atoms with Gasteiger partial charge in [-0.2, -0.15) is 0 Å². The van der Waals surface area contributed by atoms with Gasteiger partial charge in [-0.25, -0.2) is 14.4 Å². The molecule has 0 amide bonds. The molecule has 0 fully saturated rings. The van der Waals surface area contributed by atoms with E-state index < -0.39 is 35.0 Å². The van der Waals surface area contributed by atoms with Crippen LogP contribution in [-0.2, 0) is 23.8 Å². The summed E-state index contributed by atoms with van der Waals surface area (Å²) in [6.45, 7) is 14.3. The van der Waals surface area contributed by atoms with E-state index in [1.165, 1.54) is 7.11 Å². The standard InChI is InChI=1S/C29H35NO6/c1-16-22(26(32)35-28(3,4)5)24(23(17(2)30-16)27(33)36-29(6,7)8)20-15-21(25(31)34-9)19-14-12-10-11-13-18(19)20/h10-15,24,30H,1-9H3. The van der Waals surface area contributed by atoms with Gasteiger partial charge in [0.25, 0.3) is 0 Å². The molecular weight excluding hydrogens is 458 g/mol. The summed E-state index contributed by atoms with van der Waals surface area (Å²) in [5.74, 6) is -2.45. The van der Waals surface area contributed by atoms with Crippen LogP contribution in [0.5, 0.6) is 0 Å². The molecule has 0 atom stereocenters. The van der Waals surface area contributed by atoms with Crippen LogP contribution in [0, 0.1) is 0 Å². The van der Waals surface area contributed by atoms with Crippen molar-refractivity contribution in [1.82, 2.24) is 5.32 Å². The fraction of sp³-hybridized carbons (Fsp3) is 0.414. The number of fused-ring (bicyclic) bond motifs is 1. The molecule has 192 valence electrons. The molecular formula is C29H35NO6. The Bertz CT molecular complexity index is 1190. The Balaban J connectivity index is 2.34. The highest BCUT2D eigenvalue weighted by molar-refractivity contribution is 6.04. The second-order valence-electron chi connectivity index (χ2n) is 10.9. The van der Waals surface area contributed by atoms with Gasteiger partial charge < -0.3 is 19.5 Å². The molecule has 0 bridgehead atoms. The summed E-state index contributed by atoms with van der Waals surface area (Å²) in [6, 6.07) is 10.9. The Hall–Kier alpha value is -3.61. The monoisotopic (exact) mass is 493 g/mol. The summed E-state index contributed by atoms with van der Waals surface area (Å²) in [4.78, 5) is 39.9. The lowest BCUT2D eigenvalue weighted by Crippen LogP contribution is -2.36. The number of methoxy groups -OCH3 is 1. The van der Waals surface area contributed by atoms with E-state index in [0.29, 0.717) is 28.1 Å². The van der Waals surface area contributed by atoms with Gasteiger partial charge in [-0.1, -0.05) is 30.3 Å². The van der Waals surface area contributed by atoms with Gasteiger partial charge in [-0.3, -0.25) is 0 Å². The number of nitrogens with one attached hydrogen (secondary N) is 1. The normalized spacial score (nSPS) is 15.0. The van der Waals surface area contributed by atoms with Crippen LogP contribution in [0.1, 0.15) is 77.2 Å². The van der Waals surface area contributed by atoms with Gasteiger partial charge in [-0.15, -0.1) is 0 Å². The smallest absolute Gasteiger partial charge is 0.338 e. The molecule has 1 aliphatic heterocycles. The molecule has 3 rings (SSSR count). The van der Waals surface area contributed by atoms with Crippen molar-refractivity contribution in [3.05, 3.63) is 70.1 Å². The number of rotatable bonds is 4. The van der Waals surface area contributed by atoms with Crippen LogP contribution in [0.2, 0.25) is 0 Å². The number of allylic oxidation sites excluding steroid dienone is 2. The van der Waals surface area contributed by atoms with Crippen molar-refractivity contribution >= 4 is 17.9 Å². The van der Waals surface area contributed by atoms with Gasteiger partial charge in [0.05, 0.1) is 29.7 Å². The zero-order valence-corrected chi connectivity index (χ0v) is 22.5. The molecule has 1 N–H and O–H groups in total. The third-order valence-electron chi connectivity index (χ3n) is 5.65. The summed E-state index contributed by atoms with van der Waals surface area (Å²) in [6.07, 6.45) is 0. The molecule has 0 radical (unpaired) electrons. The molecule has 0 saturated heterocycles. The largest absolute Gasteiger partial charge is 0.465 e. The maximum Gasteiger partial charge on any atom is 0.338 e. The third kappa shape index (κ3) is 5.61. The SMILES string of the molecule is COC(=O)c1cc(C2C(C(=O)OC(C)(C)C)=C(C)NC(C)=C2C(=O)OC(C)(C)C)c2cccccc1-2. The maximum absolute atomic E-state index is 13.6. The molecule has 0 unspecified atom stereocenters. The highest BCUT2D eigenvalue weighted by Crippen LogP contribution is 2.46. The van der Waals surface area contributed by atoms with Crippen LogP contribution in [0.15, 0.2) is 58.9 Å². The van der Waals surface area contributed by atoms with E-state index in [9.17, 15) is 14.4 Å². The minimum atomic E-state index is -0.834. The molecule has 3 aliphatic rings. The molecule has 2 aliphatic carbocycles. The molecule has 0 aromatic heterocycles. The van der Waals surface area contributed by atoms with E-state index in [1.807, 2.05) is 30.3 Å². The molecule has 0 aromatic carbocycles. The van der Waals surface area contributed by atoms with Crippen molar-refractivity contribution < 1.29 is 28.6 Å². The number of hydrogen-bond donors (Lipinski definition) is 1. The van der Waals surface area contributed by atoms with Gasteiger partial charge in [-0.05, 0) is 78.1 Å². The Kier molecular flexibility index (Phi) is 7.35. The van der Waals surface area contributed by atoms with Crippen molar-refractivity contribution in [3.8, 4) is 11.1 Å². The molecule has 7 heteroatoms. The van der Waals surface area contributed by atoms with E-state index in [0.717, 1.165) is 5.56 Å². The number of carbonyl (C=O) groups is 3. The average molecular weight is 494 g/mol. The van der Waals surface area contributed by atoms with E-state index in [4.69, 9.17) is 14.2 Å². The van der Waals surface area contributed by atoms with Crippen molar-refractivity contribution in [2.45, 2.75) is 72.5 Å². The Morgan fingerprint density at radius 3 is 1.67 bits per heavy atom. The summed E-state index contributed by atoms with van der Waals surface area (Å²) in [5.41, 5.74) is 2.52. The van der Waals surface area contributed by atoms with E-state index in [1.54, 1.807) is 61.5 Å². The molecule has 0 spiro atoms. The lowest BCUT2D eigenvalue weighted by atomic mass is 9.79. The fourth-order valence-electron chi connectivity index (χ4n) is 4.37. The molecule has 7 nitrogen and oxygen atoms in total. The first kappa shape index (κ1) is 27.0. The summed E-state index contributed by atoms with van der Waals surface area (Å²) >= 11 is 0. The zero-order chi connectivity index (χ0) is 27.0. The predicted octanol–water partition coefficient (Wildman–Crippen LogP) is 5.50. The van der Waals surface area contributed by atoms with Gasteiger partial charge in [0.1, 0.15) is 11.2 Å². The predicted molar refractivity (Wildman–Crippen MR) is 137 cm³/mol. The van der Waals surface area contributed by atoms with E-state index in [2.05, 4.69) is 5.32 Å². The van der Waals surface area contributed by atoms with Crippen LogP contribution in [0.4, 0.5) is 0 Å².